The van der Waals surface area contributed by atoms with Crippen LogP contribution in [0.1, 0.15) is 13.8 Å². The summed E-state index contributed by atoms with van der Waals surface area (Å²) in [7, 11) is -3.88. The van der Waals surface area contributed by atoms with Crippen LogP contribution in [-0.2, 0) is 9.84 Å². The van der Waals surface area contributed by atoms with E-state index < -0.39 is 9.84 Å². The van der Waals surface area contributed by atoms with Crippen molar-refractivity contribution in [3.63, 3.8) is 0 Å². The van der Waals surface area contributed by atoms with Gasteiger partial charge in [0.05, 0.1) is 14.2 Å². The fraction of sp³-hybridized carbons (Fsp3) is 0.308. The van der Waals surface area contributed by atoms with Crippen LogP contribution in [0.5, 0.6) is 0 Å². The predicted octanol–water partition coefficient (Wildman–Crippen LogP) is 4.31. The second-order valence-electron chi connectivity index (χ2n) is 3.53. The standard InChI is InChI=1S/C13H14ClNO2S3/c1-3-18-13(19-4-2)12(9-15)20(16,17)11-8-6-5-7-10(11)14/h5-8H,3-4H2,1-2H3. The summed E-state index contributed by atoms with van der Waals surface area (Å²) < 4.78 is 25.7. The molecule has 0 aliphatic heterocycles. The number of halogens is 1. The molecule has 0 N–H and O–H groups in total. The Morgan fingerprint density at radius 1 is 1.25 bits per heavy atom. The van der Waals surface area contributed by atoms with Crippen molar-refractivity contribution < 1.29 is 8.42 Å². The lowest BCUT2D eigenvalue weighted by Gasteiger charge is -2.10. The van der Waals surface area contributed by atoms with Gasteiger partial charge in [-0.25, -0.2) is 8.42 Å². The van der Waals surface area contributed by atoms with Crippen LogP contribution in [0.2, 0.25) is 5.02 Å². The van der Waals surface area contributed by atoms with E-state index in [0.717, 1.165) is 0 Å². The van der Waals surface area contributed by atoms with Crippen molar-refractivity contribution in [2.24, 2.45) is 0 Å². The monoisotopic (exact) mass is 347 g/mol. The zero-order valence-electron chi connectivity index (χ0n) is 11.1. The third-order valence-electron chi connectivity index (χ3n) is 2.23. The number of allylic oxidation sites excluding steroid dienone is 1. The number of nitrogens with zero attached hydrogens (tertiary/aromatic N) is 1. The van der Waals surface area contributed by atoms with Gasteiger partial charge in [-0.1, -0.05) is 37.6 Å². The Balaban J connectivity index is 3.47. The van der Waals surface area contributed by atoms with E-state index in [0.29, 0.717) is 15.7 Å². The molecule has 0 amide bonds. The van der Waals surface area contributed by atoms with Gasteiger partial charge in [0.15, 0.2) is 4.91 Å². The molecule has 0 spiro atoms. The van der Waals surface area contributed by atoms with Gasteiger partial charge in [-0.05, 0) is 23.6 Å². The highest BCUT2D eigenvalue weighted by molar-refractivity contribution is 8.23. The number of thioether (sulfide) groups is 2. The minimum Gasteiger partial charge on any atom is -0.218 e. The molecular formula is C13H14ClNO2S3. The van der Waals surface area contributed by atoms with Crippen molar-refractivity contribution in [2.45, 2.75) is 18.7 Å². The topological polar surface area (TPSA) is 57.9 Å². The van der Waals surface area contributed by atoms with Crippen LogP contribution in [0.15, 0.2) is 38.3 Å². The molecule has 0 unspecified atom stereocenters. The van der Waals surface area contributed by atoms with Crippen molar-refractivity contribution in [1.29, 1.82) is 5.26 Å². The number of rotatable bonds is 6. The molecule has 0 radical (unpaired) electrons. The summed E-state index contributed by atoms with van der Waals surface area (Å²) in [5.41, 5.74) is 0. The molecule has 0 aliphatic carbocycles. The van der Waals surface area contributed by atoms with Gasteiger partial charge in [0, 0.05) is 0 Å². The van der Waals surface area contributed by atoms with Gasteiger partial charge in [0.25, 0.3) is 0 Å². The van der Waals surface area contributed by atoms with Crippen molar-refractivity contribution in [3.05, 3.63) is 38.4 Å². The van der Waals surface area contributed by atoms with E-state index >= 15 is 0 Å². The summed E-state index contributed by atoms with van der Waals surface area (Å²) >= 11 is 8.66. The normalized spacial score (nSPS) is 10.9. The second kappa shape index (κ2) is 7.99. The zero-order valence-corrected chi connectivity index (χ0v) is 14.3. The number of nitriles is 1. The first-order chi connectivity index (χ1) is 9.48. The molecule has 20 heavy (non-hydrogen) atoms. The minimum atomic E-state index is -3.88. The van der Waals surface area contributed by atoms with E-state index in [1.54, 1.807) is 12.1 Å². The molecule has 3 nitrogen and oxygen atoms in total. The molecule has 0 atom stereocenters. The van der Waals surface area contributed by atoms with E-state index in [2.05, 4.69) is 0 Å². The van der Waals surface area contributed by atoms with Crippen LogP contribution < -0.4 is 0 Å². The first-order valence-corrected chi connectivity index (χ1v) is 9.71. The molecule has 0 bridgehead atoms. The van der Waals surface area contributed by atoms with Crippen LogP contribution in [0, 0.1) is 11.3 Å². The molecule has 0 saturated heterocycles. The highest BCUT2D eigenvalue weighted by Crippen LogP contribution is 2.37. The summed E-state index contributed by atoms with van der Waals surface area (Å²) in [6, 6.07) is 7.99. The number of sulfone groups is 1. The Morgan fingerprint density at radius 3 is 2.25 bits per heavy atom. The lowest BCUT2D eigenvalue weighted by molar-refractivity contribution is 0.603. The number of hydrogen-bond acceptors (Lipinski definition) is 5. The highest BCUT2D eigenvalue weighted by Gasteiger charge is 2.27. The molecule has 1 aromatic rings. The quantitative estimate of drug-likeness (QED) is 0.717. The van der Waals surface area contributed by atoms with Gasteiger partial charge in [-0.15, -0.1) is 23.5 Å². The summed E-state index contributed by atoms with van der Waals surface area (Å²) in [6.45, 7) is 3.83. The van der Waals surface area contributed by atoms with Gasteiger partial charge in [-0.2, -0.15) is 5.26 Å². The van der Waals surface area contributed by atoms with Crippen LogP contribution in [-0.4, -0.2) is 19.9 Å². The Kier molecular flexibility index (Phi) is 6.96. The van der Waals surface area contributed by atoms with Crippen LogP contribution >= 0.6 is 35.1 Å². The number of benzene rings is 1. The predicted molar refractivity (Wildman–Crippen MR) is 87.5 cm³/mol. The first-order valence-electron chi connectivity index (χ1n) is 5.88. The molecule has 0 heterocycles. The maximum atomic E-state index is 12.6. The van der Waals surface area contributed by atoms with E-state index in [-0.39, 0.29) is 14.8 Å². The maximum Gasteiger partial charge on any atom is 0.219 e. The van der Waals surface area contributed by atoms with Gasteiger partial charge in [0.1, 0.15) is 6.07 Å². The van der Waals surface area contributed by atoms with Crippen molar-refractivity contribution in [3.8, 4) is 6.07 Å². The van der Waals surface area contributed by atoms with Crippen molar-refractivity contribution in [1.82, 2.24) is 0 Å². The van der Waals surface area contributed by atoms with Gasteiger partial charge < -0.3 is 0 Å². The van der Waals surface area contributed by atoms with E-state index in [1.165, 1.54) is 35.7 Å². The molecule has 0 fully saturated rings. The third kappa shape index (κ3) is 3.95. The Hall–Kier alpha value is -0.610. The van der Waals surface area contributed by atoms with Gasteiger partial charge >= 0.3 is 0 Å². The molecule has 7 heteroatoms. The number of hydrogen-bond donors (Lipinski definition) is 0. The Bertz CT molecular complexity index is 640. The summed E-state index contributed by atoms with van der Waals surface area (Å²) in [4.78, 5) is -0.242. The molecule has 0 aliphatic rings. The van der Waals surface area contributed by atoms with Gasteiger partial charge in [0.2, 0.25) is 9.84 Å². The fourth-order valence-electron chi connectivity index (χ4n) is 1.42. The van der Waals surface area contributed by atoms with Crippen LogP contribution in [0.25, 0.3) is 0 Å². The average molecular weight is 348 g/mol. The SMILES string of the molecule is CCSC(SCC)=C(C#N)S(=O)(=O)c1ccccc1Cl. The highest BCUT2D eigenvalue weighted by atomic mass is 35.5. The van der Waals surface area contributed by atoms with Crippen LogP contribution in [0.4, 0.5) is 0 Å². The fourth-order valence-corrected chi connectivity index (χ4v) is 5.94. The lowest BCUT2D eigenvalue weighted by Crippen LogP contribution is -2.06. The van der Waals surface area contributed by atoms with Crippen molar-refractivity contribution >= 4 is 45.0 Å². The molecule has 0 saturated carbocycles. The van der Waals surface area contributed by atoms with Crippen molar-refractivity contribution in [2.75, 3.05) is 11.5 Å². The van der Waals surface area contributed by atoms with Gasteiger partial charge in [-0.3, -0.25) is 0 Å². The largest absolute Gasteiger partial charge is 0.219 e. The zero-order chi connectivity index (χ0) is 15.2. The summed E-state index contributed by atoms with van der Waals surface area (Å²) in [6.07, 6.45) is 0. The third-order valence-corrected chi connectivity index (χ3v) is 6.92. The molecular weight excluding hydrogens is 334 g/mol. The smallest absolute Gasteiger partial charge is 0.218 e. The lowest BCUT2D eigenvalue weighted by atomic mass is 10.4. The van der Waals surface area contributed by atoms with Crippen LogP contribution in [0.3, 0.4) is 0 Å². The van der Waals surface area contributed by atoms with E-state index in [4.69, 9.17) is 11.6 Å². The minimum absolute atomic E-state index is 0.0240. The Labute approximate surface area is 133 Å². The Morgan fingerprint density at radius 2 is 1.80 bits per heavy atom. The first kappa shape index (κ1) is 17.4. The molecule has 108 valence electrons. The molecule has 1 rings (SSSR count). The maximum absolute atomic E-state index is 12.6. The summed E-state index contributed by atoms with van der Waals surface area (Å²) in [5.74, 6) is 1.40. The summed E-state index contributed by atoms with van der Waals surface area (Å²) in [5, 5.41) is 9.41. The molecule has 0 aromatic heterocycles. The molecule has 1 aromatic carbocycles. The van der Waals surface area contributed by atoms with E-state index in [1.807, 2.05) is 19.9 Å². The average Bonchev–Trinajstić information content (AvgIpc) is 2.40. The van der Waals surface area contributed by atoms with E-state index in [9.17, 15) is 13.7 Å². The second-order valence-corrected chi connectivity index (χ2v) is 8.60.